The van der Waals surface area contributed by atoms with Crippen LogP contribution in [0.15, 0.2) is 78.9 Å². The highest BCUT2D eigenvalue weighted by Crippen LogP contribution is 2.16. The van der Waals surface area contributed by atoms with Crippen molar-refractivity contribution in [1.29, 1.82) is 0 Å². The summed E-state index contributed by atoms with van der Waals surface area (Å²) in [5, 5.41) is 2.88. The van der Waals surface area contributed by atoms with E-state index >= 15 is 0 Å². The summed E-state index contributed by atoms with van der Waals surface area (Å²) in [6, 6.07) is 23.6. The molecule has 0 bridgehead atoms. The number of hydrogen-bond acceptors (Lipinski definition) is 3. The van der Waals surface area contributed by atoms with Crippen LogP contribution in [0.25, 0.3) is 0 Å². The minimum absolute atomic E-state index is 0.170. The normalized spacial score (nSPS) is 10.2. The van der Waals surface area contributed by atoms with E-state index in [1.54, 1.807) is 43.3 Å². The number of nitrogens with zero attached hydrogens (tertiary/aromatic N) is 1. The minimum Gasteiger partial charge on any atom is -0.497 e. The molecule has 0 saturated heterocycles. The Morgan fingerprint density at radius 1 is 0.893 bits per heavy atom. The number of amides is 2. The van der Waals surface area contributed by atoms with Crippen LogP contribution in [-0.2, 0) is 6.54 Å². The summed E-state index contributed by atoms with van der Waals surface area (Å²) in [5.74, 6) is 0.368. The van der Waals surface area contributed by atoms with E-state index in [9.17, 15) is 9.59 Å². The molecule has 0 aromatic heterocycles. The largest absolute Gasteiger partial charge is 0.497 e. The average molecular weight is 374 g/mol. The van der Waals surface area contributed by atoms with Crippen molar-refractivity contribution in [3.05, 3.63) is 95.6 Å². The van der Waals surface area contributed by atoms with Gasteiger partial charge in [0.2, 0.25) is 0 Å². The van der Waals surface area contributed by atoms with E-state index in [2.05, 4.69) is 5.32 Å². The van der Waals surface area contributed by atoms with E-state index in [-0.39, 0.29) is 11.8 Å². The first-order valence-corrected chi connectivity index (χ1v) is 8.93. The molecule has 3 aromatic rings. The molecule has 2 amide bonds. The third kappa shape index (κ3) is 4.57. The molecule has 1 N–H and O–H groups in total. The minimum atomic E-state index is -0.229. The van der Waals surface area contributed by atoms with Crippen LogP contribution < -0.4 is 15.0 Å². The molecule has 0 spiro atoms. The standard InChI is InChI=1S/C23H22N2O3/c1-25(20-9-4-3-5-10-20)23(27)19-8-6-7-18(15-19)22(26)24-16-17-11-13-21(28-2)14-12-17/h3-15H,16H2,1-2H3,(H,24,26). The number of anilines is 1. The average Bonchev–Trinajstić information content (AvgIpc) is 2.77. The highest BCUT2D eigenvalue weighted by molar-refractivity contribution is 6.07. The van der Waals surface area contributed by atoms with Crippen molar-refractivity contribution in [3.8, 4) is 5.75 Å². The van der Waals surface area contributed by atoms with Crippen LogP contribution in [0.1, 0.15) is 26.3 Å². The Hall–Kier alpha value is -3.60. The van der Waals surface area contributed by atoms with E-state index in [0.29, 0.717) is 17.7 Å². The lowest BCUT2D eigenvalue weighted by atomic mass is 10.1. The SMILES string of the molecule is COc1ccc(CNC(=O)c2cccc(C(=O)N(C)c3ccccc3)c2)cc1. The molecular weight excluding hydrogens is 352 g/mol. The Labute approximate surface area is 164 Å². The van der Waals surface area contributed by atoms with Crippen molar-refractivity contribution in [2.75, 3.05) is 19.1 Å². The van der Waals surface area contributed by atoms with E-state index in [1.165, 1.54) is 0 Å². The zero-order valence-electron chi connectivity index (χ0n) is 15.9. The Balaban J connectivity index is 1.67. The Bertz CT molecular complexity index is 953. The number of methoxy groups -OCH3 is 1. The maximum Gasteiger partial charge on any atom is 0.258 e. The second-order valence-electron chi connectivity index (χ2n) is 6.31. The monoisotopic (exact) mass is 374 g/mol. The fourth-order valence-corrected chi connectivity index (χ4v) is 2.78. The van der Waals surface area contributed by atoms with Gasteiger partial charge in [-0.25, -0.2) is 0 Å². The second-order valence-corrected chi connectivity index (χ2v) is 6.31. The summed E-state index contributed by atoms with van der Waals surface area (Å²) in [6.45, 7) is 0.394. The molecule has 0 heterocycles. The van der Waals surface area contributed by atoms with Crippen LogP contribution in [0.2, 0.25) is 0 Å². The highest BCUT2D eigenvalue weighted by Gasteiger charge is 2.15. The third-order valence-electron chi connectivity index (χ3n) is 4.43. The topological polar surface area (TPSA) is 58.6 Å². The predicted octanol–water partition coefficient (Wildman–Crippen LogP) is 3.90. The molecule has 0 radical (unpaired) electrons. The molecule has 0 unspecified atom stereocenters. The third-order valence-corrected chi connectivity index (χ3v) is 4.43. The van der Waals surface area contributed by atoms with Gasteiger partial charge in [0.1, 0.15) is 5.75 Å². The first kappa shape index (κ1) is 19.2. The molecule has 0 atom stereocenters. The van der Waals surface area contributed by atoms with Crippen molar-refractivity contribution < 1.29 is 14.3 Å². The van der Waals surface area contributed by atoms with E-state index in [1.807, 2.05) is 54.6 Å². The Morgan fingerprint density at radius 3 is 2.25 bits per heavy atom. The molecule has 5 nitrogen and oxygen atoms in total. The number of nitrogens with one attached hydrogen (secondary N) is 1. The summed E-state index contributed by atoms with van der Waals surface area (Å²) in [6.07, 6.45) is 0. The number of benzene rings is 3. The van der Waals surface area contributed by atoms with Gasteiger partial charge in [-0.05, 0) is 48.0 Å². The molecule has 3 rings (SSSR count). The van der Waals surface area contributed by atoms with Gasteiger partial charge in [0.15, 0.2) is 0 Å². The highest BCUT2D eigenvalue weighted by atomic mass is 16.5. The molecule has 0 fully saturated rings. The summed E-state index contributed by atoms with van der Waals surface area (Å²) in [4.78, 5) is 26.8. The van der Waals surface area contributed by atoms with Gasteiger partial charge in [0, 0.05) is 30.4 Å². The van der Waals surface area contributed by atoms with E-state index in [0.717, 1.165) is 17.0 Å². The van der Waals surface area contributed by atoms with Gasteiger partial charge in [-0.15, -0.1) is 0 Å². The van der Waals surface area contributed by atoms with Gasteiger partial charge in [-0.1, -0.05) is 36.4 Å². The summed E-state index contributed by atoms with van der Waals surface area (Å²) < 4.78 is 5.13. The quantitative estimate of drug-likeness (QED) is 0.712. The fraction of sp³-hybridized carbons (Fsp3) is 0.130. The van der Waals surface area contributed by atoms with E-state index < -0.39 is 0 Å². The van der Waals surface area contributed by atoms with Crippen LogP contribution in [0.4, 0.5) is 5.69 Å². The number of hydrogen-bond donors (Lipinski definition) is 1. The maximum atomic E-state index is 12.7. The maximum absolute atomic E-state index is 12.7. The second kappa shape index (κ2) is 8.86. The number of para-hydroxylation sites is 1. The number of rotatable bonds is 6. The van der Waals surface area contributed by atoms with Crippen LogP contribution in [0, 0.1) is 0 Å². The van der Waals surface area contributed by atoms with E-state index in [4.69, 9.17) is 4.74 Å². The molecule has 28 heavy (non-hydrogen) atoms. The van der Waals surface area contributed by atoms with Gasteiger partial charge in [0.05, 0.1) is 7.11 Å². The molecular formula is C23H22N2O3. The van der Waals surface area contributed by atoms with Crippen molar-refractivity contribution in [1.82, 2.24) is 5.32 Å². The summed E-state index contributed by atoms with van der Waals surface area (Å²) in [5.41, 5.74) is 2.66. The lowest BCUT2D eigenvalue weighted by Crippen LogP contribution is -2.27. The van der Waals surface area contributed by atoms with Gasteiger partial charge < -0.3 is 15.0 Å². The molecule has 5 heteroatoms. The predicted molar refractivity (Wildman–Crippen MR) is 110 cm³/mol. The number of carbonyl (C=O) groups is 2. The van der Waals surface area contributed by atoms with Crippen molar-refractivity contribution in [2.45, 2.75) is 6.54 Å². The lowest BCUT2D eigenvalue weighted by Gasteiger charge is -2.17. The van der Waals surface area contributed by atoms with Gasteiger partial charge in [0.25, 0.3) is 11.8 Å². The van der Waals surface area contributed by atoms with Crippen molar-refractivity contribution in [3.63, 3.8) is 0 Å². The smallest absolute Gasteiger partial charge is 0.258 e. The van der Waals surface area contributed by atoms with Crippen molar-refractivity contribution >= 4 is 17.5 Å². The molecule has 0 aliphatic carbocycles. The van der Waals surface area contributed by atoms with Crippen LogP contribution in [0.3, 0.4) is 0 Å². The molecule has 0 aliphatic rings. The summed E-state index contributed by atoms with van der Waals surface area (Å²) >= 11 is 0. The zero-order chi connectivity index (χ0) is 19.9. The molecule has 3 aromatic carbocycles. The van der Waals surface area contributed by atoms with Crippen LogP contribution in [-0.4, -0.2) is 26.0 Å². The zero-order valence-corrected chi connectivity index (χ0v) is 15.9. The van der Waals surface area contributed by atoms with Gasteiger partial charge >= 0.3 is 0 Å². The number of ether oxygens (including phenoxy) is 1. The molecule has 142 valence electrons. The summed E-state index contributed by atoms with van der Waals surface area (Å²) in [7, 11) is 3.33. The Kier molecular flexibility index (Phi) is 6.07. The fourth-order valence-electron chi connectivity index (χ4n) is 2.78. The van der Waals surface area contributed by atoms with Crippen molar-refractivity contribution in [2.24, 2.45) is 0 Å². The first-order chi connectivity index (χ1) is 13.6. The van der Waals surface area contributed by atoms with Crippen LogP contribution in [0.5, 0.6) is 5.75 Å². The number of carbonyl (C=O) groups excluding carboxylic acids is 2. The molecule has 0 saturated carbocycles. The lowest BCUT2D eigenvalue weighted by molar-refractivity contribution is 0.0951. The van der Waals surface area contributed by atoms with Crippen LogP contribution >= 0.6 is 0 Å². The van der Waals surface area contributed by atoms with Gasteiger partial charge in [-0.3, -0.25) is 9.59 Å². The van der Waals surface area contributed by atoms with Gasteiger partial charge in [-0.2, -0.15) is 0 Å². The first-order valence-electron chi connectivity index (χ1n) is 8.93. The Morgan fingerprint density at radius 2 is 1.57 bits per heavy atom. The molecule has 0 aliphatic heterocycles.